The summed E-state index contributed by atoms with van der Waals surface area (Å²) >= 11 is 0. The Kier molecular flexibility index (Phi) is 5.16. The van der Waals surface area contributed by atoms with Gasteiger partial charge in [0, 0.05) is 24.3 Å². The first-order chi connectivity index (χ1) is 11.3. The molecule has 0 saturated carbocycles. The lowest BCUT2D eigenvalue weighted by Gasteiger charge is -2.15. The predicted octanol–water partition coefficient (Wildman–Crippen LogP) is 2.93. The number of carbonyl (C=O) groups is 1. The van der Waals surface area contributed by atoms with Crippen molar-refractivity contribution in [3.63, 3.8) is 0 Å². The van der Waals surface area contributed by atoms with Gasteiger partial charge < -0.3 is 10.0 Å². The van der Waals surface area contributed by atoms with Crippen LogP contribution in [-0.4, -0.2) is 39.3 Å². The molecule has 24 heavy (non-hydrogen) atoms. The second kappa shape index (κ2) is 6.94. The molecule has 130 valence electrons. The van der Waals surface area contributed by atoms with Crippen LogP contribution in [0.25, 0.3) is 5.69 Å². The standard InChI is InChI=1S/C16H18F3N3O2/c1-3-21(10-23)9-8-14-11(2)22(20-15(14)16(17,18)19)12-4-6-13(24)7-5-12/h4-7,10,24H,3,8-9H2,1-2H3. The zero-order chi connectivity index (χ0) is 17.9. The molecule has 2 rings (SSSR count). The number of phenols is 1. The van der Waals surface area contributed by atoms with Crippen molar-refractivity contribution >= 4 is 6.41 Å². The first-order valence-corrected chi connectivity index (χ1v) is 7.42. The fraction of sp³-hybridized carbons (Fsp3) is 0.375. The van der Waals surface area contributed by atoms with E-state index in [1.165, 1.54) is 33.8 Å². The van der Waals surface area contributed by atoms with Crippen molar-refractivity contribution in [2.45, 2.75) is 26.4 Å². The quantitative estimate of drug-likeness (QED) is 0.822. The Morgan fingerprint density at radius 3 is 2.42 bits per heavy atom. The summed E-state index contributed by atoms with van der Waals surface area (Å²) in [5.41, 5.74) is -0.106. The summed E-state index contributed by atoms with van der Waals surface area (Å²) in [5, 5.41) is 13.0. The van der Waals surface area contributed by atoms with E-state index in [1.807, 2.05) is 0 Å². The van der Waals surface area contributed by atoms with Gasteiger partial charge in [0.1, 0.15) is 5.75 Å². The van der Waals surface area contributed by atoms with E-state index in [0.29, 0.717) is 24.3 Å². The van der Waals surface area contributed by atoms with Gasteiger partial charge in [-0.3, -0.25) is 4.79 Å². The lowest BCUT2D eigenvalue weighted by Crippen LogP contribution is -2.24. The molecule has 1 aromatic heterocycles. The highest BCUT2D eigenvalue weighted by atomic mass is 19.4. The number of rotatable bonds is 6. The van der Waals surface area contributed by atoms with Gasteiger partial charge in [-0.25, -0.2) is 4.68 Å². The number of hydrogen-bond acceptors (Lipinski definition) is 3. The van der Waals surface area contributed by atoms with Crippen LogP contribution in [0.3, 0.4) is 0 Å². The molecule has 0 atom stereocenters. The molecule has 0 aliphatic carbocycles. The van der Waals surface area contributed by atoms with E-state index in [9.17, 15) is 23.1 Å². The van der Waals surface area contributed by atoms with Crippen LogP contribution in [0.1, 0.15) is 23.9 Å². The van der Waals surface area contributed by atoms with E-state index in [-0.39, 0.29) is 24.3 Å². The van der Waals surface area contributed by atoms with Crippen molar-refractivity contribution < 1.29 is 23.1 Å². The van der Waals surface area contributed by atoms with Gasteiger partial charge in [-0.1, -0.05) is 0 Å². The number of alkyl halides is 3. The summed E-state index contributed by atoms with van der Waals surface area (Å²) in [6, 6.07) is 5.75. The number of aromatic hydroxyl groups is 1. The van der Waals surface area contributed by atoms with Crippen LogP contribution >= 0.6 is 0 Å². The Bertz CT molecular complexity index is 709. The fourth-order valence-corrected chi connectivity index (χ4v) is 2.45. The van der Waals surface area contributed by atoms with Crippen LogP contribution in [-0.2, 0) is 17.4 Å². The Labute approximate surface area is 137 Å². The minimum absolute atomic E-state index is 0.0180. The third-order valence-electron chi connectivity index (χ3n) is 3.81. The van der Waals surface area contributed by atoms with Crippen molar-refractivity contribution in [2.24, 2.45) is 0 Å². The number of benzene rings is 1. The predicted molar refractivity (Wildman–Crippen MR) is 82.0 cm³/mol. The maximum Gasteiger partial charge on any atom is 0.435 e. The van der Waals surface area contributed by atoms with Crippen molar-refractivity contribution in [1.29, 1.82) is 0 Å². The Balaban J connectivity index is 2.44. The first-order valence-electron chi connectivity index (χ1n) is 7.42. The number of nitrogens with zero attached hydrogens (tertiary/aromatic N) is 3. The molecule has 1 aromatic carbocycles. The lowest BCUT2D eigenvalue weighted by atomic mass is 10.1. The molecule has 1 N–H and O–H groups in total. The molecule has 5 nitrogen and oxygen atoms in total. The minimum atomic E-state index is -4.58. The molecular weight excluding hydrogens is 323 g/mol. The Hall–Kier alpha value is -2.51. The molecule has 1 amide bonds. The zero-order valence-electron chi connectivity index (χ0n) is 13.3. The van der Waals surface area contributed by atoms with E-state index >= 15 is 0 Å². The number of carbonyl (C=O) groups excluding carboxylic acids is 1. The second-order valence-electron chi connectivity index (χ2n) is 5.32. The van der Waals surface area contributed by atoms with E-state index in [0.717, 1.165) is 0 Å². The van der Waals surface area contributed by atoms with Gasteiger partial charge in [-0.15, -0.1) is 0 Å². The molecule has 0 spiro atoms. The summed E-state index contributed by atoms with van der Waals surface area (Å²) in [6.45, 7) is 3.93. The van der Waals surface area contributed by atoms with Crippen LogP contribution in [0.4, 0.5) is 13.2 Å². The van der Waals surface area contributed by atoms with Gasteiger partial charge in [0.15, 0.2) is 5.69 Å². The van der Waals surface area contributed by atoms with Crippen LogP contribution in [0.5, 0.6) is 5.75 Å². The fourth-order valence-electron chi connectivity index (χ4n) is 2.45. The van der Waals surface area contributed by atoms with Crippen molar-refractivity contribution in [3.05, 3.63) is 41.2 Å². The summed E-state index contributed by atoms with van der Waals surface area (Å²) in [5.74, 6) is 0.0180. The maximum atomic E-state index is 13.3. The van der Waals surface area contributed by atoms with E-state index < -0.39 is 11.9 Å². The molecule has 0 radical (unpaired) electrons. The molecule has 2 aromatic rings. The van der Waals surface area contributed by atoms with Gasteiger partial charge in [0.25, 0.3) is 0 Å². The zero-order valence-corrected chi connectivity index (χ0v) is 13.3. The third kappa shape index (κ3) is 3.69. The number of hydrogen-bond donors (Lipinski definition) is 1. The van der Waals surface area contributed by atoms with E-state index in [1.54, 1.807) is 13.8 Å². The number of phenolic OH excluding ortho intramolecular Hbond substituents is 1. The van der Waals surface area contributed by atoms with Gasteiger partial charge in [-0.05, 0) is 44.5 Å². The average Bonchev–Trinajstić information content (AvgIpc) is 2.86. The molecule has 0 bridgehead atoms. The molecular formula is C16H18F3N3O2. The summed E-state index contributed by atoms with van der Waals surface area (Å²) < 4.78 is 41.1. The number of amides is 1. The molecule has 0 aliphatic heterocycles. The van der Waals surface area contributed by atoms with Gasteiger partial charge in [-0.2, -0.15) is 18.3 Å². The minimum Gasteiger partial charge on any atom is -0.508 e. The van der Waals surface area contributed by atoms with Crippen LogP contribution in [0, 0.1) is 6.92 Å². The molecule has 0 saturated heterocycles. The highest BCUT2D eigenvalue weighted by molar-refractivity contribution is 5.47. The molecule has 0 aliphatic rings. The summed E-state index contributed by atoms with van der Waals surface area (Å²) in [4.78, 5) is 12.2. The van der Waals surface area contributed by atoms with E-state index in [4.69, 9.17) is 0 Å². The highest BCUT2D eigenvalue weighted by Crippen LogP contribution is 2.34. The van der Waals surface area contributed by atoms with Crippen LogP contribution < -0.4 is 0 Å². The number of likely N-dealkylation sites (N-methyl/N-ethyl adjacent to an activating group) is 1. The van der Waals surface area contributed by atoms with E-state index in [2.05, 4.69) is 5.10 Å². The number of halogens is 3. The monoisotopic (exact) mass is 341 g/mol. The second-order valence-corrected chi connectivity index (χ2v) is 5.32. The smallest absolute Gasteiger partial charge is 0.435 e. The van der Waals surface area contributed by atoms with Gasteiger partial charge >= 0.3 is 6.18 Å². The largest absolute Gasteiger partial charge is 0.508 e. The SMILES string of the molecule is CCN(C=O)CCc1c(C(F)(F)F)nn(-c2ccc(O)cc2)c1C. The van der Waals surface area contributed by atoms with Crippen LogP contribution in [0.15, 0.2) is 24.3 Å². The first kappa shape index (κ1) is 17.8. The summed E-state index contributed by atoms with van der Waals surface area (Å²) in [6.07, 6.45) is -3.90. The maximum absolute atomic E-state index is 13.3. The molecule has 0 fully saturated rings. The van der Waals surface area contributed by atoms with Crippen LogP contribution in [0.2, 0.25) is 0 Å². The number of aromatic nitrogens is 2. The average molecular weight is 341 g/mol. The lowest BCUT2D eigenvalue weighted by molar-refractivity contribution is -0.142. The van der Waals surface area contributed by atoms with Gasteiger partial charge in [0.2, 0.25) is 6.41 Å². The summed E-state index contributed by atoms with van der Waals surface area (Å²) in [7, 11) is 0. The normalized spacial score (nSPS) is 11.5. The molecule has 8 heteroatoms. The molecule has 0 unspecified atom stereocenters. The van der Waals surface area contributed by atoms with Crippen molar-refractivity contribution in [2.75, 3.05) is 13.1 Å². The molecule has 1 heterocycles. The topological polar surface area (TPSA) is 58.4 Å². The van der Waals surface area contributed by atoms with Crippen molar-refractivity contribution in [3.8, 4) is 11.4 Å². The highest BCUT2D eigenvalue weighted by Gasteiger charge is 2.38. The van der Waals surface area contributed by atoms with Crippen molar-refractivity contribution in [1.82, 2.24) is 14.7 Å². The Morgan fingerprint density at radius 2 is 1.92 bits per heavy atom. The van der Waals surface area contributed by atoms with Gasteiger partial charge in [0.05, 0.1) is 5.69 Å². The third-order valence-corrected chi connectivity index (χ3v) is 3.81. The Morgan fingerprint density at radius 1 is 1.29 bits per heavy atom.